The van der Waals surface area contributed by atoms with Gasteiger partial charge in [-0.3, -0.25) is 9.59 Å². The molecular formula is C24H23ClN6O3. The normalized spacial score (nSPS) is 16.1. The maximum absolute atomic E-state index is 13.1. The van der Waals surface area contributed by atoms with E-state index in [-0.39, 0.29) is 22.9 Å². The number of hydrogen-bond acceptors (Lipinski definition) is 6. The van der Waals surface area contributed by atoms with Crippen LogP contribution in [0.25, 0.3) is 11.2 Å². The number of H-pyrrole nitrogens is 1. The monoisotopic (exact) mass is 478 g/mol. The summed E-state index contributed by atoms with van der Waals surface area (Å²) in [4.78, 5) is 35.2. The molecule has 1 fully saturated rings. The third-order valence-electron chi connectivity index (χ3n) is 6.05. The molecule has 1 N–H and O–H groups in total. The molecule has 1 atom stereocenters. The van der Waals surface area contributed by atoms with Crippen molar-refractivity contribution in [3.8, 4) is 5.75 Å². The highest BCUT2D eigenvalue weighted by Gasteiger charge is 2.28. The number of fused-ring (bicyclic) bond motifs is 1. The maximum atomic E-state index is 13.1. The van der Waals surface area contributed by atoms with Crippen LogP contribution in [0.5, 0.6) is 5.75 Å². The van der Waals surface area contributed by atoms with E-state index in [4.69, 9.17) is 21.3 Å². The smallest absolute Gasteiger partial charge is 0.281 e. The summed E-state index contributed by atoms with van der Waals surface area (Å²) in [6.45, 7) is 1.51. The zero-order valence-electron chi connectivity index (χ0n) is 18.6. The highest BCUT2D eigenvalue weighted by atomic mass is 35.5. The molecule has 9 nitrogen and oxygen atoms in total. The number of piperidine rings is 1. The number of nitrogens with one attached hydrogen (secondary N) is 1. The highest BCUT2D eigenvalue weighted by Crippen LogP contribution is 2.26. The van der Waals surface area contributed by atoms with Crippen molar-refractivity contribution in [2.24, 2.45) is 0 Å². The molecule has 174 valence electrons. The van der Waals surface area contributed by atoms with Gasteiger partial charge in [0.05, 0.1) is 13.7 Å². The Labute approximate surface area is 200 Å². The van der Waals surface area contributed by atoms with Gasteiger partial charge in [0.2, 0.25) is 0 Å². The Bertz CT molecular complexity index is 1400. The third kappa shape index (κ3) is 4.38. The maximum Gasteiger partial charge on any atom is 0.281 e. The summed E-state index contributed by atoms with van der Waals surface area (Å²) < 4.78 is 6.78. The quantitative estimate of drug-likeness (QED) is 0.472. The van der Waals surface area contributed by atoms with Gasteiger partial charge < -0.3 is 14.6 Å². The molecule has 3 heterocycles. The van der Waals surface area contributed by atoms with Crippen LogP contribution < -0.4 is 10.3 Å². The summed E-state index contributed by atoms with van der Waals surface area (Å²) in [5.74, 6) is 1.09. The second kappa shape index (κ2) is 9.26. The second-order valence-electron chi connectivity index (χ2n) is 8.32. The summed E-state index contributed by atoms with van der Waals surface area (Å²) in [7, 11) is 1.59. The number of rotatable bonds is 5. The minimum Gasteiger partial charge on any atom is -0.497 e. The van der Waals surface area contributed by atoms with Gasteiger partial charge in [0.25, 0.3) is 11.5 Å². The molecule has 1 aliphatic rings. The van der Waals surface area contributed by atoms with Crippen molar-refractivity contribution < 1.29 is 9.53 Å². The second-order valence-corrected chi connectivity index (χ2v) is 8.76. The van der Waals surface area contributed by atoms with Crippen molar-refractivity contribution in [2.75, 3.05) is 20.2 Å². The van der Waals surface area contributed by atoms with Crippen molar-refractivity contribution in [1.29, 1.82) is 0 Å². The molecule has 0 bridgehead atoms. The first-order valence-electron chi connectivity index (χ1n) is 11.0. The van der Waals surface area contributed by atoms with Crippen LogP contribution in [-0.4, -0.2) is 56.0 Å². The molecule has 0 spiro atoms. The summed E-state index contributed by atoms with van der Waals surface area (Å²) in [5.41, 5.74) is 1.79. The fourth-order valence-corrected chi connectivity index (χ4v) is 4.51. The van der Waals surface area contributed by atoms with Gasteiger partial charge >= 0.3 is 0 Å². The van der Waals surface area contributed by atoms with Gasteiger partial charge in [-0.15, -0.1) is 5.10 Å². The molecule has 1 saturated heterocycles. The van der Waals surface area contributed by atoms with Crippen molar-refractivity contribution in [3.63, 3.8) is 0 Å². The van der Waals surface area contributed by atoms with E-state index in [0.717, 1.165) is 18.4 Å². The van der Waals surface area contributed by atoms with Crippen molar-refractivity contribution in [1.82, 2.24) is 29.9 Å². The molecule has 5 rings (SSSR count). The minimum atomic E-state index is -0.337. The number of carbonyl (C=O) groups is 1. The zero-order valence-corrected chi connectivity index (χ0v) is 19.3. The number of nitrogens with zero attached hydrogens (tertiary/aromatic N) is 5. The summed E-state index contributed by atoms with van der Waals surface area (Å²) >= 11 is 6.10. The van der Waals surface area contributed by atoms with Gasteiger partial charge in [-0.05, 0) is 54.8 Å². The molecule has 10 heteroatoms. The van der Waals surface area contributed by atoms with E-state index in [1.807, 2.05) is 23.1 Å². The molecule has 34 heavy (non-hydrogen) atoms. The van der Waals surface area contributed by atoms with E-state index in [1.165, 1.54) is 0 Å². The average Bonchev–Trinajstić information content (AvgIpc) is 3.27. The van der Waals surface area contributed by atoms with E-state index in [1.54, 1.807) is 42.1 Å². The number of hydrogen-bond donors (Lipinski definition) is 1. The largest absolute Gasteiger partial charge is 0.497 e. The van der Waals surface area contributed by atoms with E-state index in [0.29, 0.717) is 47.4 Å². The summed E-state index contributed by atoms with van der Waals surface area (Å²) in [6, 6.07) is 14.5. The van der Waals surface area contributed by atoms with Crippen LogP contribution in [0, 0.1) is 0 Å². The van der Waals surface area contributed by atoms with Crippen LogP contribution in [-0.2, 0) is 6.54 Å². The predicted molar refractivity (Wildman–Crippen MR) is 127 cm³/mol. The Kier molecular flexibility index (Phi) is 6.02. The van der Waals surface area contributed by atoms with E-state index in [2.05, 4.69) is 15.3 Å². The van der Waals surface area contributed by atoms with Crippen LogP contribution >= 0.6 is 11.6 Å². The SMILES string of the molecule is COc1ccc(C(=O)N2CCCC(c3nc4c(nnn4Cc4cccc(Cl)c4)c(=O)[nH]3)C2)cc1. The molecule has 4 aromatic rings. The van der Waals surface area contributed by atoms with Gasteiger partial charge in [0.1, 0.15) is 11.6 Å². The van der Waals surface area contributed by atoms with Crippen LogP contribution in [0.2, 0.25) is 5.02 Å². The number of aromatic nitrogens is 5. The highest BCUT2D eigenvalue weighted by molar-refractivity contribution is 6.30. The van der Waals surface area contributed by atoms with Crippen LogP contribution in [0.15, 0.2) is 53.3 Å². The Morgan fingerprint density at radius 1 is 1.24 bits per heavy atom. The van der Waals surface area contributed by atoms with Gasteiger partial charge in [0.15, 0.2) is 11.2 Å². The van der Waals surface area contributed by atoms with E-state index < -0.39 is 0 Å². The van der Waals surface area contributed by atoms with Crippen LogP contribution in [0.1, 0.15) is 40.5 Å². The topological polar surface area (TPSA) is 106 Å². The molecule has 2 aromatic heterocycles. The molecule has 0 radical (unpaired) electrons. The molecule has 1 unspecified atom stereocenters. The molecule has 1 amide bonds. The van der Waals surface area contributed by atoms with E-state index >= 15 is 0 Å². The first kappa shape index (κ1) is 22.1. The molecular weight excluding hydrogens is 456 g/mol. The molecule has 2 aromatic carbocycles. The first-order valence-corrected chi connectivity index (χ1v) is 11.4. The lowest BCUT2D eigenvalue weighted by atomic mass is 9.96. The van der Waals surface area contributed by atoms with Gasteiger partial charge in [-0.1, -0.05) is 28.9 Å². The number of amides is 1. The Hall–Kier alpha value is -3.72. The Morgan fingerprint density at radius 3 is 2.82 bits per heavy atom. The van der Waals surface area contributed by atoms with Gasteiger partial charge in [-0.25, -0.2) is 9.67 Å². The number of methoxy groups -OCH3 is 1. The van der Waals surface area contributed by atoms with Gasteiger partial charge in [0, 0.05) is 29.6 Å². The zero-order chi connectivity index (χ0) is 23.7. The lowest BCUT2D eigenvalue weighted by molar-refractivity contribution is 0.0704. The van der Waals surface area contributed by atoms with Crippen LogP contribution in [0.4, 0.5) is 0 Å². The standard InChI is InChI=1S/C24H23ClN6O3/c1-34-19-9-7-16(8-10-19)24(33)30-11-3-5-17(14-30)21-26-22-20(23(32)27-21)28-29-31(22)13-15-4-2-6-18(25)12-15/h2,4,6-10,12,17H,3,5,11,13-14H2,1H3,(H,26,27,32). The Balaban J connectivity index is 1.40. The van der Waals surface area contributed by atoms with Crippen molar-refractivity contribution in [3.05, 3.63) is 80.9 Å². The lowest BCUT2D eigenvalue weighted by Crippen LogP contribution is -2.40. The fraction of sp³-hybridized carbons (Fsp3) is 0.292. The number of halogens is 1. The lowest BCUT2D eigenvalue weighted by Gasteiger charge is -2.32. The number of aromatic amines is 1. The molecule has 0 aliphatic carbocycles. The summed E-state index contributed by atoms with van der Waals surface area (Å²) in [6.07, 6.45) is 1.63. The number of benzene rings is 2. The molecule has 0 saturated carbocycles. The van der Waals surface area contributed by atoms with E-state index in [9.17, 15) is 9.59 Å². The number of carbonyl (C=O) groups excluding carboxylic acids is 1. The Morgan fingerprint density at radius 2 is 2.06 bits per heavy atom. The predicted octanol–water partition coefficient (Wildman–Crippen LogP) is 3.24. The fourth-order valence-electron chi connectivity index (χ4n) is 4.29. The average molecular weight is 479 g/mol. The van der Waals surface area contributed by atoms with Crippen molar-refractivity contribution in [2.45, 2.75) is 25.3 Å². The number of ether oxygens (including phenoxy) is 1. The number of likely N-dealkylation sites (tertiary alicyclic amines) is 1. The molecule has 1 aliphatic heterocycles. The summed E-state index contributed by atoms with van der Waals surface area (Å²) in [5, 5.41) is 8.77. The van der Waals surface area contributed by atoms with Gasteiger partial charge in [-0.2, -0.15) is 0 Å². The van der Waals surface area contributed by atoms with Crippen LogP contribution in [0.3, 0.4) is 0 Å². The van der Waals surface area contributed by atoms with Crippen molar-refractivity contribution >= 4 is 28.7 Å². The first-order chi connectivity index (χ1) is 16.5. The minimum absolute atomic E-state index is 0.0524. The third-order valence-corrected chi connectivity index (χ3v) is 6.28.